The molecule has 1 amide bonds. The summed E-state index contributed by atoms with van der Waals surface area (Å²) in [5.74, 6) is -0.0822. The Balaban J connectivity index is 1.81. The Morgan fingerprint density at radius 1 is 0.960 bits per heavy atom. The van der Waals surface area contributed by atoms with Crippen LogP contribution in [0.2, 0.25) is 0 Å². The Kier molecular flexibility index (Phi) is 3.73. The van der Waals surface area contributed by atoms with Crippen LogP contribution in [0.5, 0.6) is 0 Å². The van der Waals surface area contributed by atoms with Crippen molar-refractivity contribution in [3.8, 4) is 0 Å². The first-order valence-corrected chi connectivity index (χ1v) is 8.44. The number of hydrazone groups is 1. The number of benzene rings is 2. The molecule has 124 valence electrons. The van der Waals surface area contributed by atoms with Crippen LogP contribution in [0, 0.1) is 0 Å². The highest BCUT2D eigenvalue weighted by atomic mass is 16.2. The standard InChI is InChI=1S/C21H19N3O/c1-3-23-18-12-8-7-9-16(18)13-14-19(23)20-15(2)22-24(21(20)25)17-10-5-4-6-11-17/h4-14H,3H2,1-2H3. The lowest BCUT2D eigenvalue weighted by atomic mass is 10.0. The average molecular weight is 329 g/mol. The van der Waals surface area contributed by atoms with Crippen LogP contribution in [-0.4, -0.2) is 18.2 Å². The summed E-state index contributed by atoms with van der Waals surface area (Å²) >= 11 is 0. The van der Waals surface area contributed by atoms with E-state index in [9.17, 15) is 4.79 Å². The molecule has 2 heterocycles. The van der Waals surface area contributed by atoms with Gasteiger partial charge in [0.1, 0.15) is 0 Å². The second-order valence-electron chi connectivity index (χ2n) is 6.03. The molecule has 0 saturated heterocycles. The predicted molar refractivity (Wildman–Crippen MR) is 103 cm³/mol. The zero-order chi connectivity index (χ0) is 17.4. The number of carbonyl (C=O) groups excluding carboxylic acids is 1. The number of hydrogen-bond donors (Lipinski definition) is 0. The highest BCUT2D eigenvalue weighted by molar-refractivity contribution is 6.30. The predicted octanol–water partition coefficient (Wildman–Crippen LogP) is 4.22. The molecular formula is C21H19N3O. The number of likely N-dealkylation sites (N-methyl/N-ethyl adjacent to an activating group) is 1. The van der Waals surface area contributed by atoms with Gasteiger partial charge in [-0.05, 0) is 43.7 Å². The number of nitrogens with zero attached hydrogens (tertiary/aromatic N) is 3. The molecule has 0 unspecified atom stereocenters. The van der Waals surface area contributed by atoms with Gasteiger partial charge in [-0.1, -0.05) is 42.5 Å². The summed E-state index contributed by atoms with van der Waals surface area (Å²) < 4.78 is 0. The minimum Gasteiger partial charge on any atom is -0.341 e. The molecule has 0 N–H and O–H groups in total. The Labute approximate surface area is 147 Å². The second kappa shape index (κ2) is 6.06. The van der Waals surface area contributed by atoms with Gasteiger partial charge in [0, 0.05) is 12.2 Å². The van der Waals surface area contributed by atoms with Gasteiger partial charge in [-0.3, -0.25) is 4.79 Å². The van der Waals surface area contributed by atoms with Crippen molar-refractivity contribution in [1.82, 2.24) is 0 Å². The van der Waals surface area contributed by atoms with E-state index in [1.54, 1.807) is 0 Å². The van der Waals surface area contributed by atoms with Crippen LogP contribution in [0.4, 0.5) is 11.4 Å². The van der Waals surface area contributed by atoms with Crippen LogP contribution in [-0.2, 0) is 4.79 Å². The lowest BCUT2D eigenvalue weighted by Crippen LogP contribution is -2.29. The molecule has 25 heavy (non-hydrogen) atoms. The quantitative estimate of drug-likeness (QED) is 0.774. The molecule has 2 aliphatic heterocycles. The van der Waals surface area contributed by atoms with Crippen molar-refractivity contribution in [2.24, 2.45) is 5.10 Å². The molecule has 4 nitrogen and oxygen atoms in total. The van der Waals surface area contributed by atoms with Gasteiger partial charge < -0.3 is 4.90 Å². The molecule has 0 radical (unpaired) electrons. The van der Waals surface area contributed by atoms with Gasteiger partial charge in [0.15, 0.2) is 0 Å². The lowest BCUT2D eigenvalue weighted by molar-refractivity contribution is -0.114. The summed E-state index contributed by atoms with van der Waals surface area (Å²) in [7, 11) is 0. The first-order chi connectivity index (χ1) is 12.2. The monoisotopic (exact) mass is 329 g/mol. The number of allylic oxidation sites excluding steroid dienone is 1. The number of anilines is 2. The molecule has 0 aromatic heterocycles. The average Bonchev–Trinajstić information content (AvgIpc) is 2.95. The first-order valence-electron chi connectivity index (χ1n) is 8.44. The maximum atomic E-state index is 13.1. The zero-order valence-corrected chi connectivity index (χ0v) is 14.3. The molecule has 2 aromatic carbocycles. The van der Waals surface area contributed by atoms with Gasteiger partial charge in [0.25, 0.3) is 5.91 Å². The minimum atomic E-state index is -0.0822. The van der Waals surface area contributed by atoms with Gasteiger partial charge in [0.2, 0.25) is 0 Å². The van der Waals surface area contributed by atoms with Crippen molar-refractivity contribution < 1.29 is 4.79 Å². The van der Waals surface area contributed by atoms with Crippen molar-refractivity contribution >= 4 is 29.1 Å². The molecule has 4 rings (SSSR count). The van der Waals surface area contributed by atoms with E-state index in [0.29, 0.717) is 5.57 Å². The van der Waals surface area contributed by atoms with E-state index < -0.39 is 0 Å². The molecule has 4 heteroatoms. The third-order valence-corrected chi connectivity index (χ3v) is 4.53. The number of carbonyl (C=O) groups is 1. The minimum absolute atomic E-state index is 0.0822. The van der Waals surface area contributed by atoms with Crippen molar-refractivity contribution in [1.29, 1.82) is 0 Å². The first kappa shape index (κ1) is 15.4. The third kappa shape index (κ3) is 2.47. The van der Waals surface area contributed by atoms with Crippen molar-refractivity contribution in [2.45, 2.75) is 13.8 Å². The maximum Gasteiger partial charge on any atom is 0.282 e. The van der Waals surface area contributed by atoms with Gasteiger partial charge in [-0.15, -0.1) is 0 Å². The molecule has 2 aliphatic rings. The SMILES string of the molecule is CCN1C(=C2C(=O)N(c3ccccc3)N=C2C)C=Cc2ccccc21. The topological polar surface area (TPSA) is 35.9 Å². The Bertz CT molecular complexity index is 925. The van der Waals surface area contributed by atoms with E-state index in [1.165, 1.54) is 5.01 Å². The Hall–Kier alpha value is -3.14. The maximum absolute atomic E-state index is 13.1. The summed E-state index contributed by atoms with van der Waals surface area (Å²) in [6, 6.07) is 17.8. The van der Waals surface area contributed by atoms with Crippen LogP contribution in [0.1, 0.15) is 19.4 Å². The number of para-hydroxylation sites is 2. The Morgan fingerprint density at radius 2 is 1.68 bits per heavy atom. The summed E-state index contributed by atoms with van der Waals surface area (Å²) in [6.07, 6.45) is 4.09. The van der Waals surface area contributed by atoms with Gasteiger partial charge >= 0.3 is 0 Å². The summed E-state index contributed by atoms with van der Waals surface area (Å²) in [6.45, 7) is 4.77. The van der Waals surface area contributed by atoms with E-state index in [1.807, 2.05) is 55.5 Å². The number of hydrogen-bond acceptors (Lipinski definition) is 3. The van der Waals surface area contributed by atoms with Crippen molar-refractivity contribution in [3.63, 3.8) is 0 Å². The smallest absolute Gasteiger partial charge is 0.282 e. The van der Waals surface area contributed by atoms with Gasteiger partial charge in [0.05, 0.1) is 22.7 Å². The normalized spacial score (nSPS) is 19.3. The van der Waals surface area contributed by atoms with Crippen molar-refractivity contribution in [3.05, 3.63) is 77.5 Å². The number of rotatable bonds is 2. The molecule has 0 fully saturated rings. The van der Waals surface area contributed by atoms with Crippen LogP contribution >= 0.6 is 0 Å². The molecule has 0 saturated carbocycles. The fourth-order valence-electron chi connectivity index (χ4n) is 3.37. The van der Waals surface area contributed by atoms with E-state index in [4.69, 9.17) is 0 Å². The summed E-state index contributed by atoms with van der Waals surface area (Å²) in [4.78, 5) is 15.3. The Morgan fingerprint density at radius 3 is 2.44 bits per heavy atom. The van der Waals surface area contributed by atoms with Gasteiger partial charge in [-0.25, -0.2) is 0 Å². The van der Waals surface area contributed by atoms with E-state index >= 15 is 0 Å². The third-order valence-electron chi connectivity index (χ3n) is 4.53. The molecule has 0 aliphatic carbocycles. The van der Waals surface area contributed by atoms with Crippen LogP contribution < -0.4 is 9.91 Å². The van der Waals surface area contributed by atoms with E-state index in [0.717, 1.165) is 34.9 Å². The fraction of sp³-hybridized carbons (Fsp3) is 0.143. The molecule has 0 bridgehead atoms. The number of amides is 1. The highest BCUT2D eigenvalue weighted by Gasteiger charge is 2.33. The summed E-state index contributed by atoms with van der Waals surface area (Å²) in [5, 5.41) is 5.99. The molecular weight excluding hydrogens is 310 g/mol. The fourth-order valence-corrected chi connectivity index (χ4v) is 3.37. The van der Waals surface area contributed by atoms with Crippen molar-refractivity contribution in [2.75, 3.05) is 16.5 Å². The highest BCUT2D eigenvalue weighted by Crippen LogP contribution is 2.34. The zero-order valence-electron chi connectivity index (χ0n) is 14.3. The van der Waals surface area contributed by atoms with Crippen LogP contribution in [0.25, 0.3) is 6.08 Å². The van der Waals surface area contributed by atoms with Gasteiger partial charge in [-0.2, -0.15) is 10.1 Å². The molecule has 2 aromatic rings. The molecule has 0 atom stereocenters. The second-order valence-corrected chi connectivity index (χ2v) is 6.03. The van der Waals surface area contributed by atoms with E-state index in [2.05, 4.69) is 35.1 Å². The lowest BCUT2D eigenvalue weighted by Gasteiger charge is -2.30. The van der Waals surface area contributed by atoms with E-state index in [-0.39, 0.29) is 5.91 Å². The largest absolute Gasteiger partial charge is 0.341 e. The molecule has 0 spiro atoms. The van der Waals surface area contributed by atoms with Crippen LogP contribution in [0.3, 0.4) is 0 Å². The van der Waals surface area contributed by atoms with Crippen LogP contribution in [0.15, 0.2) is 77.0 Å². The number of fused-ring (bicyclic) bond motifs is 1. The summed E-state index contributed by atoms with van der Waals surface area (Å²) in [5.41, 5.74) is 5.38.